The van der Waals surface area contributed by atoms with Gasteiger partial charge in [0.15, 0.2) is 29.6 Å². The van der Waals surface area contributed by atoms with Crippen molar-refractivity contribution in [1.82, 2.24) is 4.68 Å². The van der Waals surface area contributed by atoms with Gasteiger partial charge >= 0.3 is 0 Å². The standard InChI is InChI=1S/C38H38N4O6S/c1-6-45-30-11-9-29(10-12-30)40-38-42(31(23-49-38)28-8-14-33-35(20-28)47-16-15-46-33)39-21-27-7-13-32(34(19-27)44-5)48-22-36(43)41-37-25(3)17-24(2)18-26(37)4/h7-14,17-21,23H,6,15-16,22H2,1-5H3,(H,41,43)/b39-21+,40-38?. The van der Waals surface area contributed by atoms with Gasteiger partial charge in [0.25, 0.3) is 5.91 Å². The molecule has 11 heteroatoms. The van der Waals surface area contributed by atoms with Gasteiger partial charge in [-0.1, -0.05) is 17.7 Å². The lowest BCUT2D eigenvalue weighted by Gasteiger charge is -2.18. The minimum absolute atomic E-state index is 0.170. The van der Waals surface area contributed by atoms with Gasteiger partial charge in [-0.15, -0.1) is 11.3 Å². The second kappa shape index (κ2) is 15.1. The molecule has 1 amide bonds. The molecule has 49 heavy (non-hydrogen) atoms. The van der Waals surface area contributed by atoms with Crippen molar-refractivity contribution in [3.8, 4) is 40.0 Å². The van der Waals surface area contributed by atoms with E-state index in [0.717, 1.165) is 50.6 Å². The molecule has 1 aliphatic rings. The molecule has 1 aromatic heterocycles. The molecule has 0 spiro atoms. The van der Waals surface area contributed by atoms with Gasteiger partial charge in [0.2, 0.25) is 4.80 Å². The van der Waals surface area contributed by atoms with Gasteiger partial charge in [-0.25, -0.2) is 9.67 Å². The Bertz CT molecular complexity index is 2040. The van der Waals surface area contributed by atoms with Crippen molar-refractivity contribution < 1.29 is 28.5 Å². The zero-order valence-electron chi connectivity index (χ0n) is 28.1. The number of aryl methyl sites for hydroxylation is 3. The summed E-state index contributed by atoms with van der Waals surface area (Å²) < 4.78 is 30.5. The van der Waals surface area contributed by atoms with E-state index in [9.17, 15) is 4.79 Å². The van der Waals surface area contributed by atoms with E-state index < -0.39 is 0 Å². The second-order valence-corrected chi connectivity index (χ2v) is 12.2. The van der Waals surface area contributed by atoms with Crippen LogP contribution in [0.3, 0.4) is 0 Å². The van der Waals surface area contributed by atoms with Gasteiger partial charge in [-0.3, -0.25) is 4.79 Å². The highest BCUT2D eigenvalue weighted by atomic mass is 32.1. The van der Waals surface area contributed by atoms with Crippen LogP contribution in [0.1, 0.15) is 29.2 Å². The van der Waals surface area contributed by atoms with Gasteiger partial charge in [0, 0.05) is 16.6 Å². The van der Waals surface area contributed by atoms with Crippen LogP contribution in [0.25, 0.3) is 11.3 Å². The van der Waals surface area contributed by atoms with Crippen LogP contribution in [0.2, 0.25) is 0 Å². The number of thiazole rings is 1. The van der Waals surface area contributed by atoms with Gasteiger partial charge in [0.1, 0.15) is 19.0 Å². The van der Waals surface area contributed by atoms with Crippen LogP contribution >= 0.6 is 11.3 Å². The summed E-state index contributed by atoms with van der Waals surface area (Å²) in [5.41, 5.74) is 7.22. The highest BCUT2D eigenvalue weighted by Gasteiger charge is 2.16. The van der Waals surface area contributed by atoms with E-state index in [0.29, 0.717) is 47.6 Å². The van der Waals surface area contributed by atoms with E-state index in [4.69, 9.17) is 33.8 Å². The third-order valence-corrected chi connectivity index (χ3v) is 8.52. The van der Waals surface area contributed by atoms with E-state index in [1.165, 1.54) is 11.3 Å². The van der Waals surface area contributed by atoms with E-state index in [1.807, 2.05) is 99.8 Å². The largest absolute Gasteiger partial charge is 0.494 e. The summed E-state index contributed by atoms with van der Waals surface area (Å²) in [7, 11) is 1.56. The number of hydrogen-bond donors (Lipinski definition) is 1. The lowest BCUT2D eigenvalue weighted by atomic mass is 10.1. The van der Waals surface area contributed by atoms with E-state index >= 15 is 0 Å². The molecule has 4 aromatic carbocycles. The molecule has 0 saturated heterocycles. The Balaban J connectivity index is 1.26. The minimum atomic E-state index is -0.257. The lowest BCUT2D eigenvalue weighted by molar-refractivity contribution is -0.118. The summed E-state index contributed by atoms with van der Waals surface area (Å²) in [6.45, 7) is 9.38. The molecule has 0 saturated carbocycles. The quantitative estimate of drug-likeness (QED) is 0.146. The van der Waals surface area contributed by atoms with E-state index in [1.54, 1.807) is 24.1 Å². The van der Waals surface area contributed by atoms with Crippen LogP contribution in [-0.2, 0) is 4.79 Å². The zero-order chi connectivity index (χ0) is 34.3. The molecule has 252 valence electrons. The Kier molecular flexibility index (Phi) is 10.3. The molecular formula is C38H38N4O6S. The van der Waals surface area contributed by atoms with Crippen molar-refractivity contribution >= 4 is 34.8 Å². The van der Waals surface area contributed by atoms with Gasteiger partial charge in [-0.2, -0.15) is 5.10 Å². The number of nitrogens with zero attached hydrogens (tertiary/aromatic N) is 3. The highest BCUT2D eigenvalue weighted by Crippen LogP contribution is 2.35. The van der Waals surface area contributed by atoms with E-state index in [2.05, 4.69) is 5.32 Å². The monoisotopic (exact) mass is 678 g/mol. The highest BCUT2D eigenvalue weighted by molar-refractivity contribution is 7.07. The van der Waals surface area contributed by atoms with Crippen LogP contribution in [0.4, 0.5) is 11.4 Å². The van der Waals surface area contributed by atoms with E-state index in [-0.39, 0.29) is 12.5 Å². The number of ether oxygens (including phenoxy) is 5. The molecule has 0 unspecified atom stereocenters. The number of anilines is 1. The normalized spacial score (nSPS) is 12.6. The Morgan fingerprint density at radius 2 is 1.67 bits per heavy atom. The maximum atomic E-state index is 12.8. The second-order valence-electron chi connectivity index (χ2n) is 11.4. The molecule has 0 fully saturated rings. The van der Waals surface area contributed by atoms with Crippen molar-refractivity contribution in [2.75, 3.05) is 38.9 Å². The fraction of sp³-hybridized carbons (Fsp3) is 0.237. The number of nitrogens with one attached hydrogen (secondary N) is 1. The first-order valence-electron chi connectivity index (χ1n) is 15.9. The molecule has 10 nitrogen and oxygen atoms in total. The Morgan fingerprint density at radius 3 is 2.41 bits per heavy atom. The number of methoxy groups -OCH3 is 1. The maximum absolute atomic E-state index is 12.8. The fourth-order valence-corrected chi connectivity index (χ4v) is 6.34. The molecule has 6 rings (SSSR count). The minimum Gasteiger partial charge on any atom is -0.494 e. The van der Waals surface area contributed by atoms with Crippen molar-refractivity contribution in [3.63, 3.8) is 0 Å². The first kappa shape index (κ1) is 33.4. The molecule has 0 radical (unpaired) electrons. The lowest BCUT2D eigenvalue weighted by Crippen LogP contribution is -2.21. The third-order valence-electron chi connectivity index (χ3n) is 7.71. The maximum Gasteiger partial charge on any atom is 0.262 e. The van der Waals surface area contributed by atoms with Gasteiger partial charge < -0.3 is 29.0 Å². The van der Waals surface area contributed by atoms with Gasteiger partial charge in [-0.05, 0) is 105 Å². The van der Waals surface area contributed by atoms with Crippen LogP contribution in [0, 0.1) is 20.8 Å². The predicted molar refractivity (Wildman–Crippen MR) is 192 cm³/mol. The number of rotatable bonds is 11. The first-order valence-corrected chi connectivity index (χ1v) is 16.8. The smallest absolute Gasteiger partial charge is 0.262 e. The number of amides is 1. The number of fused-ring (bicyclic) bond motifs is 1. The predicted octanol–water partition coefficient (Wildman–Crippen LogP) is 7.45. The Morgan fingerprint density at radius 1 is 0.918 bits per heavy atom. The third kappa shape index (κ3) is 7.95. The summed E-state index contributed by atoms with van der Waals surface area (Å²) >= 11 is 1.47. The summed E-state index contributed by atoms with van der Waals surface area (Å²) in [6, 6.07) is 23.0. The Labute approximate surface area is 289 Å². The van der Waals surface area contributed by atoms with Crippen LogP contribution in [0.15, 0.2) is 88.3 Å². The molecule has 1 aliphatic heterocycles. The molecule has 0 atom stereocenters. The Hall–Kier alpha value is -5.55. The van der Waals surface area contributed by atoms with Gasteiger partial charge in [0.05, 0.1) is 31.3 Å². The molecule has 0 aliphatic carbocycles. The first-order chi connectivity index (χ1) is 23.8. The number of carbonyl (C=O) groups excluding carboxylic acids is 1. The van der Waals surface area contributed by atoms with Crippen LogP contribution in [-0.4, -0.2) is 50.3 Å². The number of carbonyl (C=O) groups is 1. The number of benzene rings is 4. The summed E-state index contributed by atoms with van der Waals surface area (Å²) in [5, 5.41) is 9.85. The molecule has 2 heterocycles. The number of aromatic nitrogens is 1. The van der Waals surface area contributed by atoms with Crippen LogP contribution < -0.4 is 33.8 Å². The molecular weight excluding hydrogens is 641 g/mol. The van der Waals surface area contributed by atoms with Crippen molar-refractivity contribution in [3.05, 3.63) is 105 Å². The summed E-state index contributed by atoms with van der Waals surface area (Å²) in [5.74, 6) is 2.85. The van der Waals surface area contributed by atoms with Crippen molar-refractivity contribution in [2.45, 2.75) is 27.7 Å². The fourth-order valence-electron chi connectivity index (χ4n) is 5.49. The average Bonchev–Trinajstić information content (AvgIpc) is 3.50. The molecule has 0 bridgehead atoms. The topological polar surface area (TPSA) is 105 Å². The average molecular weight is 679 g/mol. The SMILES string of the molecule is CCOc1ccc(N=c2scc(-c3ccc4c(c3)OCCO4)n2/N=C/c2ccc(OCC(=O)Nc3c(C)cc(C)cc3C)c(OC)c2)cc1. The molecule has 1 N–H and O–H groups in total. The zero-order valence-corrected chi connectivity index (χ0v) is 28.9. The van der Waals surface area contributed by atoms with Crippen molar-refractivity contribution in [1.29, 1.82) is 0 Å². The number of hydrogen-bond acceptors (Lipinski definition) is 9. The van der Waals surface area contributed by atoms with Crippen LogP contribution in [0.5, 0.6) is 28.7 Å². The van der Waals surface area contributed by atoms with Crippen molar-refractivity contribution in [2.24, 2.45) is 10.1 Å². The molecule has 5 aromatic rings. The summed E-state index contributed by atoms with van der Waals surface area (Å²) in [4.78, 5) is 18.3. The summed E-state index contributed by atoms with van der Waals surface area (Å²) in [6.07, 6.45) is 1.73.